The molecule has 0 bridgehead atoms. The van der Waals surface area contributed by atoms with Gasteiger partial charge in [-0.3, -0.25) is 9.78 Å². The molecule has 2 aromatic rings. The lowest BCUT2D eigenvalue weighted by Crippen LogP contribution is -2.30. The molecule has 0 spiro atoms. The molecular weight excluding hydrogens is 305 g/mol. The zero-order valence-corrected chi connectivity index (χ0v) is 13.8. The Morgan fingerprint density at radius 2 is 2.33 bits per heavy atom. The first-order valence-corrected chi connectivity index (χ1v) is 8.98. The molecule has 0 saturated heterocycles. The van der Waals surface area contributed by atoms with Gasteiger partial charge in [0.25, 0.3) is 0 Å². The third kappa shape index (κ3) is 4.06. The highest BCUT2D eigenvalue weighted by molar-refractivity contribution is 7.90. The van der Waals surface area contributed by atoms with E-state index >= 15 is 0 Å². The predicted molar refractivity (Wildman–Crippen MR) is 90.5 cm³/mol. The standard InChI is InChI=1S/C13H16BN3O2S2/c1-17(10(18)5-7-21(2)19)13-11(14)16-12(20-13)9-4-3-6-15-8-9/h3-4,6,8H,5,7,14H2,1-2H3. The molecule has 1 amide bonds. The highest BCUT2D eigenvalue weighted by Gasteiger charge is 2.18. The maximum Gasteiger partial charge on any atom is 0.232 e. The number of carbonyl (C=O) groups excluding carboxylic acids is 1. The van der Waals surface area contributed by atoms with Crippen molar-refractivity contribution in [3.05, 3.63) is 24.5 Å². The number of carbonyl (C=O) groups is 1. The van der Waals surface area contributed by atoms with Crippen LogP contribution in [0.3, 0.4) is 0 Å². The monoisotopic (exact) mass is 321 g/mol. The van der Waals surface area contributed by atoms with Crippen molar-refractivity contribution in [2.75, 3.05) is 24.0 Å². The van der Waals surface area contributed by atoms with Gasteiger partial charge in [-0.25, -0.2) is 4.98 Å². The van der Waals surface area contributed by atoms with Crippen LogP contribution in [-0.2, 0) is 16.0 Å². The Morgan fingerprint density at radius 3 is 2.95 bits per heavy atom. The van der Waals surface area contributed by atoms with Crippen molar-refractivity contribution in [3.8, 4) is 10.6 Å². The van der Waals surface area contributed by atoms with Crippen molar-refractivity contribution in [3.63, 3.8) is 0 Å². The fourth-order valence-electron chi connectivity index (χ4n) is 1.82. The summed E-state index contributed by atoms with van der Waals surface area (Å²) in [5, 5.41) is 1.66. The van der Waals surface area contributed by atoms with Crippen LogP contribution in [0.25, 0.3) is 10.6 Å². The normalized spacial score (nSPS) is 12.1. The summed E-state index contributed by atoms with van der Waals surface area (Å²) in [4.78, 5) is 22.3. The number of hydrogen-bond donors (Lipinski definition) is 0. The van der Waals surface area contributed by atoms with E-state index in [4.69, 9.17) is 0 Å². The number of thiazole rings is 1. The van der Waals surface area contributed by atoms with E-state index in [-0.39, 0.29) is 12.3 Å². The molecule has 8 heteroatoms. The molecule has 0 N–H and O–H groups in total. The Bertz CT molecular complexity index is 619. The maximum atomic E-state index is 12.1. The van der Waals surface area contributed by atoms with Gasteiger partial charge in [0.2, 0.25) is 5.91 Å². The van der Waals surface area contributed by atoms with Gasteiger partial charge in [-0.2, -0.15) is 0 Å². The first-order valence-electron chi connectivity index (χ1n) is 6.43. The summed E-state index contributed by atoms with van der Waals surface area (Å²) < 4.78 is 11.1. The topological polar surface area (TPSA) is 69.2 Å². The van der Waals surface area contributed by atoms with Crippen LogP contribution in [-0.4, -0.2) is 47.3 Å². The highest BCUT2D eigenvalue weighted by atomic mass is 32.2. The average molecular weight is 321 g/mol. The molecule has 110 valence electrons. The van der Waals surface area contributed by atoms with Gasteiger partial charge < -0.3 is 9.45 Å². The summed E-state index contributed by atoms with van der Waals surface area (Å²) in [6.45, 7) is 0. The van der Waals surface area contributed by atoms with Crippen molar-refractivity contribution in [1.82, 2.24) is 9.97 Å². The highest BCUT2D eigenvalue weighted by Crippen LogP contribution is 2.28. The second kappa shape index (κ2) is 7.06. The number of aromatic nitrogens is 2. The number of anilines is 1. The van der Waals surface area contributed by atoms with Crippen LogP contribution in [0, 0.1) is 0 Å². The smallest absolute Gasteiger partial charge is 0.232 e. The summed E-state index contributed by atoms with van der Waals surface area (Å²) in [6, 6.07) is 3.80. The summed E-state index contributed by atoms with van der Waals surface area (Å²) in [6.07, 6.45) is 5.35. The molecule has 0 aliphatic carbocycles. The maximum absolute atomic E-state index is 12.1. The van der Waals surface area contributed by atoms with Crippen molar-refractivity contribution >= 4 is 46.9 Å². The Hall–Kier alpha value is -1.38. The fraction of sp³-hybridized carbons (Fsp3) is 0.308. The molecule has 1 atom stereocenters. The molecule has 2 heterocycles. The van der Waals surface area contributed by atoms with Gasteiger partial charge in [0.05, 0.1) is 12.7 Å². The Kier molecular flexibility index (Phi) is 5.38. The molecule has 1 unspecified atom stereocenters. The first kappa shape index (κ1) is 16.0. The minimum atomic E-state index is -0.957. The Balaban J connectivity index is 2.17. The van der Waals surface area contributed by atoms with Crippen molar-refractivity contribution in [2.45, 2.75) is 6.42 Å². The summed E-state index contributed by atoms with van der Waals surface area (Å²) in [5.41, 5.74) is 1.75. The van der Waals surface area contributed by atoms with Crippen LogP contribution in [0.15, 0.2) is 24.5 Å². The van der Waals surface area contributed by atoms with Crippen molar-refractivity contribution in [2.24, 2.45) is 0 Å². The van der Waals surface area contributed by atoms with E-state index in [1.807, 2.05) is 20.0 Å². The average Bonchev–Trinajstić information content (AvgIpc) is 2.86. The number of amides is 1. The first-order chi connectivity index (χ1) is 9.99. The molecule has 0 aromatic carbocycles. The molecule has 0 fully saturated rings. The van der Waals surface area contributed by atoms with E-state index in [9.17, 15) is 9.35 Å². The molecule has 0 aliphatic rings. The minimum absolute atomic E-state index is 0.0466. The largest absolute Gasteiger partial charge is 0.617 e. The molecule has 5 nitrogen and oxygen atoms in total. The van der Waals surface area contributed by atoms with Crippen LogP contribution in [0.1, 0.15) is 6.42 Å². The molecule has 21 heavy (non-hydrogen) atoms. The Morgan fingerprint density at radius 1 is 1.57 bits per heavy atom. The van der Waals surface area contributed by atoms with E-state index in [2.05, 4.69) is 9.97 Å². The van der Waals surface area contributed by atoms with E-state index in [0.29, 0.717) is 5.75 Å². The van der Waals surface area contributed by atoms with E-state index in [1.54, 1.807) is 30.6 Å². The van der Waals surface area contributed by atoms with Crippen molar-refractivity contribution in [1.29, 1.82) is 0 Å². The second-order valence-corrected chi connectivity index (χ2v) is 7.16. The van der Waals surface area contributed by atoms with E-state index < -0.39 is 11.2 Å². The van der Waals surface area contributed by atoms with Crippen molar-refractivity contribution < 1.29 is 9.35 Å². The zero-order valence-electron chi connectivity index (χ0n) is 12.2. The lowest BCUT2D eigenvalue weighted by atomic mass is 10.1. The summed E-state index contributed by atoms with van der Waals surface area (Å²) in [7, 11) is 3.61. The van der Waals surface area contributed by atoms with Gasteiger partial charge in [0.15, 0.2) is 7.85 Å². The molecule has 0 aliphatic heterocycles. The van der Waals surface area contributed by atoms with E-state index in [1.165, 1.54) is 11.3 Å². The zero-order chi connectivity index (χ0) is 15.4. The van der Waals surface area contributed by atoms with Gasteiger partial charge in [0.1, 0.15) is 15.8 Å². The number of pyridine rings is 1. The van der Waals surface area contributed by atoms with Crippen LogP contribution in [0.2, 0.25) is 0 Å². The molecule has 0 radical (unpaired) electrons. The SMILES string of the molecule is Bc1nc(-c2cccnc2)sc1N(C)C(=O)CC[S+](C)[O-]. The molecule has 2 rings (SSSR count). The van der Waals surface area contributed by atoms with Crippen LogP contribution >= 0.6 is 11.3 Å². The summed E-state index contributed by atoms with van der Waals surface area (Å²) in [5.74, 6) is 0.339. The van der Waals surface area contributed by atoms with E-state index in [0.717, 1.165) is 21.2 Å². The second-order valence-electron chi connectivity index (χ2n) is 4.63. The van der Waals surface area contributed by atoms with Gasteiger partial charge in [0, 0.05) is 30.6 Å². The quantitative estimate of drug-likeness (QED) is 0.582. The Labute approximate surface area is 132 Å². The summed E-state index contributed by atoms with van der Waals surface area (Å²) >= 11 is 0.504. The predicted octanol–water partition coefficient (Wildman–Crippen LogP) is 0.195. The van der Waals surface area contributed by atoms with Crippen LogP contribution in [0.4, 0.5) is 5.00 Å². The van der Waals surface area contributed by atoms with Gasteiger partial charge in [-0.1, -0.05) is 22.5 Å². The lowest BCUT2D eigenvalue weighted by molar-refractivity contribution is -0.117. The molecular formula is C13H16BN3O2S2. The molecule has 2 aromatic heterocycles. The van der Waals surface area contributed by atoms with Gasteiger partial charge in [-0.15, -0.1) is 0 Å². The van der Waals surface area contributed by atoms with Gasteiger partial charge in [-0.05, 0) is 12.1 Å². The third-order valence-electron chi connectivity index (χ3n) is 2.96. The third-order valence-corrected chi connectivity index (χ3v) is 5.02. The molecule has 0 saturated carbocycles. The minimum Gasteiger partial charge on any atom is -0.617 e. The van der Waals surface area contributed by atoms with Gasteiger partial charge >= 0.3 is 0 Å². The van der Waals surface area contributed by atoms with Crippen LogP contribution in [0.5, 0.6) is 0 Å². The number of nitrogens with zero attached hydrogens (tertiary/aromatic N) is 3. The van der Waals surface area contributed by atoms with Crippen LogP contribution < -0.4 is 10.5 Å². The lowest BCUT2D eigenvalue weighted by Gasteiger charge is -2.15. The number of hydrogen-bond acceptors (Lipinski definition) is 5. The fourth-order valence-corrected chi connectivity index (χ4v) is 3.32. The number of rotatable bonds is 5.